The highest BCUT2D eigenvalue weighted by Crippen LogP contribution is 2.39. The van der Waals surface area contributed by atoms with E-state index in [0.29, 0.717) is 5.76 Å². The molecule has 1 aromatic rings. The van der Waals surface area contributed by atoms with Crippen LogP contribution in [-0.2, 0) is 6.42 Å². The summed E-state index contributed by atoms with van der Waals surface area (Å²) in [7, 11) is 3.30. The molecule has 0 bridgehead atoms. The molecule has 4 heteroatoms. The second kappa shape index (κ2) is 5.35. The number of hydrogen-bond acceptors (Lipinski definition) is 4. The number of ether oxygens (including phenoxy) is 2. The van der Waals surface area contributed by atoms with Gasteiger partial charge < -0.3 is 19.5 Å². The van der Waals surface area contributed by atoms with Gasteiger partial charge in [-0.2, -0.15) is 0 Å². The molecule has 0 amide bonds. The number of rotatable bonds is 3. The Morgan fingerprint density at radius 3 is 2.57 bits per heavy atom. The molecule has 112 valence electrons. The van der Waals surface area contributed by atoms with Gasteiger partial charge in [-0.25, -0.2) is 0 Å². The fourth-order valence-corrected chi connectivity index (χ4v) is 3.08. The van der Waals surface area contributed by atoms with Crippen LogP contribution in [0.25, 0.3) is 5.70 Å². The molecule has 1 N–H and O–H groups in total. The lowest BCUT2D eigenvalue weighted by atomic mass is 9.92. The molecule has 0 saturated carbocycles. The van der Waals surface area contributed by atoms with Gasteiger partial charge in [0.15, 0.2) is 11.5 Å². The van der Waals surface area contributed by atoms with Crippen molar-refractivity contribution in [2.45, 2.75) is 19.8 Å². The van der Waals surface area contributed by atoms with Crippen LogP contribution in [0, 0.1) is 0 Å². The topological polar surface area (TPSA) is 41.9 Å². The highest BCUT2D eigenvalue weighted by molar-refractivity contribution is 5.74. The third-order valence-corrected chi connectivity index (χ3v) is 4.32. The summed E-state index contributed by atoms with van der Waals surface area (Å²) in [4.78, 5) is 2.33. The lowest BCUT2D eigenvalue weighted by Gasteiger charge is -2.37. The van der Waals surface area contributed by atoms with Crippen molar-refractivity contribution in [2.75, 3.05) is 27.3 Å². The first-order valence-electron chi connectivity index (χ1n) is 7.30. The van der Waals surface area contributed by atoms with Crippen LogP contribution >= 0.6 is 0 Å². The predicted molar refractivity (Wildman–Crippen MR) is 82.7 cm³/mol. The zero-order valence-electron chi connectivity index (χ0n) is 12.8. The third-order valence-electron chi connectivity index (χ3n) is 4.32. The normalized spacial score (nSPS) is 17.1. The van der Waals surface area contributed by atoms with E-state index in [4.69, 9.17) is 9.47 Å². The molecular formula is C17H21NO3. The third kappa shape index (κ3) is 2.24. The first kappa shape index (κ1) is 13.9. The molecule has 3 rings (SSSR count). The average Bonchev–Trinajstić information content (AvgIpc) is 2.52. The van der Waals surface area contributed by atoms with E-state index in [1.54, 1.807) is 14.2 Å². The fourth-order valence-electron chi connectivity index (χ4n) is 3.08. The largest absolute Gasteiger partial charge is 0.508 e. The Bertz CT molecular complexity index is 631. The molecule has 0 radical (unpaired) electrons. The van der Waals surface area contributed by atoms with Gasteiger partial charge in [0.25, 0.3) is 0 Å². The fraction of sp³-hybridized carbons (Fsp3) is 0.412. The van der Waals surface area contributed by atoms with Crippen molar-refractivity contribution >= 4 is 5.70 Å². The van der Waals surface area contributed by atoms with E-state index in [9.17, 15) is 5.11 Å². The Morgan fingerprint density at radius 2 is 1.90 bits per heavy atom. The zero-order chi connectivity index (χ0) is 15.0. The van der Waals surface area contributed by atoms with Gasteiger partial charge in [0.1, 0.15) is 5.76 Å². The van der Waals surface area contributed by atoms with Crippen LogP contribution in [0.3, 0.4) is 0 Å². The van der Waals surface area contributed by atoms with E-state index < -0.39 is 0 Å². The molecule has 0 aromatic heterocycles. The van der Waals surface area contributed by atoms with Crippen LogP contribution in [0.15, 0.2) is 29.5 Å². The predicted octanol–water partition coefficient (Wildman–Crippen LogP) is 3.14. The maximum absolute atomic E-state index is 10.2. The maximum Gasteiger partial charge on any atom is 0.161 e. The first-order chi connectivity index (χ1) is 10.2. The maximum atomic E-state index is 10.2. The van der Waals surface area contributed by atoms with Crippen LogP contribution in [0.1, 0.15) is 24.5 Å². The second-order valence-corrected chi connectivity index (χ2v) is 5.41. The molecule has 4 nitrogen and oxygen atoms in total. The number of fused-ring (bicyclic) bond motifs is 3. The molecule has 21 heavy (non-hydrogen) atoms. The Morgan fingerprint density at radius 1 is 1.19 bits per heavy atom. The van der Waals surface area contributed by atoms with Gasteiger partial charge in [-0.3, -0.25) is 0 Å². The molecule has 0 atom stereocenters. The smallest absolute Gasteiger partial charge is 0.161 e. The lowest BCUT2D eigenvalue weighted by Crippen LogP contribution is -2.33. The Hall–Kier alpha value is -2.10. The van der Waals surface area contributed by atoms with E-state index >= 15 is 0 Å². The standard InChI is InChI=1S/C17H21NO3/c1-4-11-10-18-6-5-12-7-16(20-2)17(21-3)8-13(12)14(18)9-15(11)19/h7-9,19H,4-6,10H2,1-3H3. The van der Waals surface area contributed by atoms with Crippen molar-refractivity contribution < 1.29 is 14.6 Å². The molecule has 2 aliphatic heterocycles. The molecule has 1 aromatic carbocycles. The van der Waals surface area contributed by atoms with E-state index in [1.165, 1.54) is 5.56 Å². The summed E-state index contributed by atoms with van der Waals surface area (Å²) < 4.78 is 10.8. The van der Waals surface area contributed by atoms with Crippen molar-refractivity contribution in [3.05, 3.63) is 40.7 Å². The van der Waals surface area contributed by atoms with Gasteiger partial charge in [0.2, 0.25) is 0 Å². The van der Waals surface area contributed by atoms with E-state index in [-0.39, 0.29) is 0 Å². The van der Waals surface area contributed by atoms with Crippen molar-refractivity contribution in [1.82, 2.24) is 4.90 Å². The minimum absolute atomic E-state index is 0.409. The van der Waals surface area contributed by atoms with Gasteiger partial charge in [-0.05, 0) is 36.1 Å². The second-order valence-electron chi connectivity index (χ2n) is 5.41. The zero-order valence-corrected chi connectivity index (χ0v) is 12.8. The number of benzene rings is 1. The van der Waals surface area contributed by atoms with Crippen molar-refractivity contribution in [3.63, 3.8) is 0 Å². The van der Waals surface area contributed by atoms with Gasteiger partial charge >= 0.3 is 0 Å². The van der Waals surface area contributed by atoms with Crippen LogP contribution in [-0.4, -0.2) is 37.3 Å². The number of aliphatic hydroxyl groups excluding tert-OH is 1. The molecular weight excluding hydrogens is 266 g/mol. The Kier molecular flexibility index (Phi) is 3.53. The highest BCUT2D eigenvalue weighted by Gasteiger charge is 2.27. The first-order valence-corrected chi connectivity index (χ1v) is 7.30. The van der Waals surface area contributed by atoms with Gasteiger partial charge in [0, 0.05) is 30.4 Å². The molecule has 0 saturated heterocycles. The van der Waals surface area contributed by atoms with Crippen LogP contribution in [0.2, 0.25) is 0 Å². The molecule has 2 aliphatic rings. The summed E-state index contributed by atoms with van der Waals surface area (Å²) in [6.07, 6.45) is 3.74. The quantitative estimate of drug-likeness (QED) is 0.927. The molecule has 0 unspecified atom stereocenters. The summed E-state index contributed by atoms with van der Waals surface area (Å²) in [5, 5.41) is 10.2. The monoisotopic (exact) mass is 287 g/mol. The number of hydrogen-bond donors (Lipinski definition) is 1. The minimum Gasteiger partial charge on any atom is -0.508 e. The number of allylic oxidation sites excluding steroid dienone is 1. The van der Waals surface area contributed by atoms with Gasteiger partial charge in [-0.15, -0.1) is 0 Å². The minimum atomic E-state index is 0.409. The summed E-state index contributed by atoms with van der Waals surface area (Å²) >= 11 is 0. The van der Waals surface area contributed by atoms with Crippen LogP contribution in [0.4, 0.5) is 0 Å². The van der Waals surface area contributed by atoms with Crippen LogP contribution in [0.5, 0.6) is 11.5 Å². The number of aliphatic hydroxyl groups is 1. The van der Waals surface area contributed by atoms with Crippen molar-refractivity contribution in [3.8, 4) is 11.5 Å². The average molecular weight is 287 g/mol. The Labute approximate surface area is 125 Å². The van der Waals surface area contributed by atoms with E-state index in [0.717, 1.165) is 54.3 Å². The number of methoxy groups -OCH3 is 2. The van der Waals surface area contributed by atoms with E-state index in [2.05, 4.69) is 11.8 Å². The van der Waals surface area contributed by atoms with Crippen molar-refractivity contribution in [2.24, 2.45) is 0 Å². The number of nitrogens with zero attached hydrogens (tertiary/aromatic N) is 1. The van der Waals surface area contributed by atoms with Crippen LogP contribution < -0.4 is 9.47 Å². The Balaban J connectivity index is 2.11. The SMILES string of the molecule is CCC1=C(O)C=C2c3cc(OC)c(OC)cc3CCN2C1. The summed E-state index contributed by atoms with van der Waals surface area (Å²) in [5.41, 5.74) is 4.54. The summed E-state index contributed by atoms with van der Waals surface area (Å²) in [6, 6.07) is 4.05. The van der Waals surface area contributed by atoms with E-state index in [1.807, 2.05) is 18.2 Å². The van der Waals surface area contributed by atoms with Gasteiger partial charge in [0.05, 0.1) is 14.2 Å². The molecule has 0 fully saturated rings. The van der Waals surface area contributed by atoms with Gasteiger partial charge in [-0.1, -0.05) is 6.92 Å². The molecule has 0 spiro atoms. The lowest BCUT2D eigenvalue weighted by molar-refractivity contribution is 0.349. The molecule has 2 heterocycles. The van der Waals surface area contributed by atoms with Crippen molar-refractivity contribution in [1.29, 1.82) is 0 Å². The summed E-state index contributed by atoms with van der Waals surface area (Å²) in [6.45, 7) is 3.85. The highest BCUT2D eigenvalue weighted by atomic mass is 16.5. The summed E-state index contributed by atoms with van der Waals surface area (Å²) in [5.74, 6) is 1.89. The molecule has 0 aliphatic carbocycles.